The van der Waals surface area contributed by atoms with Gasteiger partial charge in [-0.2, -0.15) is 0 Å². The van der Waals surface area contributed by atoms with Crippen molar-refractivity contribution in [3.05, 3.63) is 0 Å². The van der Waals surface area contributed by atoms with Crippen molar-refractivity contribution in [3.63, 3.8) is 0 Å². The van der Waals surface area contributed by atoms with Crippen LogP contribution in [0.25, 0.3) is 0 Å². The number of sulfonamides is 1. The molecule has 0 aliphatic rings. The molecule has 0 atom stereocenters. The molecule has 0 rings (SSSR count). The summed E-state index contributed by atoms with van der Waals surface area (Å²) in [4.78, 5) is 27.1. The molecular formula is C47H94N2O8S. The van der Waals surface area contributed by atoms with Crippen LogP contribution in [0.1, 0.15) is 226 Å². The van der Waals surface area contributed by atoms with Gasteiger partial charge in [-0.1, -0.05) is 156 Å². The van der Waals surface area contributed by atoms with Crippen LogP contribution in [0.5, 0.6) is 0 Å². The summed E-state index contributed by atoms with van der Waals surface area (Å²) >= 11 is 0. The molecule has 11 heteroatoms. The van der Waals surface area contributed by atoms with Crippen molar-refractivity contribution in [3.8, 4) is 0 Å². The maximum atomic E-state index is 12.6. The highest BCUT2D eigenvalue weighted by molar-refractivity contribution is 7.88. The average Bonchev–Trinajstić information content (AvgIpc) is 3.19. The molecule has 0 saturated carbocycles. The van der Waals surface area contributed by atoms with Gasteiger partial charge >= 0.3 is 11.9 Å². The van der Waals surface area contributed by atoms with Gasteiger partial charge in [0.25, 0.3) is 0 Å². The minimum Gasteiger partial charge on any atom is -0.466 e. The highest BCUT2D eigenvalue weighted by Gasteiger charge is 2.14. The summed E-state index contributed by atoms with van der Waals surface area (Å²) in [6, 6.07) is 0. The number of carbonyl (C=O) groups is 2. The van der Waals surface area contributed by atoms with Crippen LogP contribution < -0.4 is 4.72 Å². The van der Waals surface area contributed by atoms with E-state index in [0.29, 0.717) is 52.2 Å². The number of nitrogens with zero attached hydrogens (tertiary/aromatic N) is 1. The van der Waals surface area contributed by atoms with Crippen molar-refractivity contribution in [2.45, 2.75) is 233 Å². The lowest BCUT2D eigenvalue weighted by molar-refractivity contribution is -0.159. The molecule has 0 fully saturated rings. The number of hydrogen-bond acceptors (Lipinski definition) is 9. The lowest BCUT2D eigenvalue weighted by Gasteiger charge is -2.22. The molecule has 346 valence electrons. The standard InChI is InChI=1S/C47H94N2O8S/c1-5-8-11-14-17-24-29-41-54-45(50)34-26-19-18-20-27-38-49(40-33-37-48-58(4,52)53)39-28-21-25-30-42-55-46(51)35-36-47(56-43-31-22-15-12-9-6-2)57-44-32-23-16-13-10-7-3/h47-48H,5-44H2,1-4H3. The molecule has 1 N–H and O–H groups in total. The number of rotatable bonds is 47. The van der Waals surface area contributed by atoms with Crippen LogP contribution in [-0.4, -0.2) is 90.4 Å². The zero-order chi connectivity index (χ0) is 42.6. The molecule has 0 radical (unpaired) electrons. The third-order valence-corrected chi connectivity index (χ3v) is 11.4. The molecule has 0 aromatic rings. The van der Waals surface area contributed by atoms with Crippen LogP contribution in [0, 0.1) is 0 Å². The highest BCUT2D eigenvalue weighted by Crippen LogP contribution is 2.14. The van der Waals surface area contributed by atoms with Gasteiger partial charge in [-0.05, 0) is 71.0 Å². The second-order valence-corrected chi connectivity index (χ2v) is 18.4. The summed E-state index contributed by atoms with van der Waals surface area (Å²) < 4.78 is 48.8. The molecule has 0 amide bonds. The van der Waals surface area contributed by atoms with Gasteiger partial charge in [-0.15, -0.1) is 0 Å². The summed E-state index contributed by atoms with van der Waals surface area (Å²) in [5.41, 5.74) is 0. The molecule has 0 heterocycles. The molecular weight excluding hydrogens is 753 g/mol. The van der Waals surface area contributed by atoms with Gasteiger partial charge in [-0.25, -0.2) is 13.1 Å². The molecule has 0 saturated heterocycles. The monoisotopic (exact) mass is 847 g/mol. The SMILES string of the molecule is CCCCCCCCCOC(=O)CCCCCCCN(CCCCCCOC(=O)CCC(OCCCCCCCC)OCCCCCCCC)CCCNS(C)(=O)=O. The van der Waals surface area contributed by atoms with E-state index in [-0.39, 0.29) is 18.2 Å². The number of ether oxygens (including phenoxy) is 4. The van der Waals surface area contributed by atoms with Crippen molar-refractivity contribution in [1.29, 1.82) is 0 Å². The molecule has 0 bridgehead atoms. The van der Waals surface area contributed by atoms with Crippen LogP contribution in [-0.2, 0) is 38.6 Å². The van der Waals surface area contributed by atoms with Crippen molar-refractivity contribution in [1.82, 2.24) is 9.62 Å². The van der Waals surface area contributed by atoms with Gasteiger partial charge < -0.3 is 23.8 Å². The Kier molecular flexibility index (Phi) is 42.8. The normalized spacial score (nSPS) is 11.9. The Balaban J connectivity index is 4.30. The van der Waals surface area contributed by atoms with Gasteiger partial charge in [0, 0.05) is 32.6 Å². The first kappa shape index (κ1) is 56.7. The van der Waals surface area contributed by atoms with E-state index < -0.39 is 10.0 Å². The summed E-state index contributed by atoms with van der Waals surface area (Å²) in [6.07, 6.45) is 35.3. The summed E-state index contributed by atoms with van der Waals surface area (Å²) in [5.74, 6) is -0.237. The van der Waals surface area contributed by atoms with E-state index in [1.807, 2.05) is 0 Å². The van der Waals surface area contributed by atoms with Gasteiger partial charge in [0.2, 0.25) is 10.0 Å². The van der Waals surface area contributed by atoms with Crippen LogP contribution >= 0.6 is 0 Å². The number of carbonyl (C=O) groups excluding carboxylic acids is 2. The number of unbranched alkanes of at least 4 members (excludes halogenated alkanes) is 23. The van der Waals surface area contributed by atoms with E-state index in [1.165, 1.54) is 103 Å². The van der Waals surface area contributed by atoms with Crippen LogP contribution in [0.15, 0.2) is 0 Å². The minimum absolute atomic E-state index is 0.0601. The van der Waals surface area contributed by atoms with Gasteiger partial charge in [0.05, 0.1) is 25.9 Å². The lowest BCUT2D eigenvalue weighted by atomic mass is 10.1. The first-order chi connectivity index (χ1) is 28.2. The molecule has 0 unspecified atom stereocenters. The summed E-state index contributed by atoms with van der Waals surface area (Å²) in [5, 5.41) is 0. The van der Waals surface area contributed by atoms with Crippen LogP contribution in [0.4, 0.5) is 0 Å². The maximum Gasteiger partial charge on any atom is 0.305 e. The first-order valence-corrected chi connectivity index (χ1v) is 26.3. The van der Waals surface area contributed by atoms with Gasteiger partial charge in [-0.3, -0.25) is 9.59 Å². The van der Waals surface area contributed by atoms with Crippen molar-refractivity contribution < 1.29 is 37.0 Å². The van der Waals surface area contributed by atoms with Crippen LogP contribution in [0.3, 0.4) is 0 Å². The number of esters is 2. The highest BCUT2D eigenvalue weighted by atomic mass is 32.2. The number of nitrogens with one attached hydrogen (secondary N) is 1. The smallest absolute Gasteiger partial charge is 0.305 e. The topological polar surface area (TPSA) is 120 Å². The molecule has 0 aliphatic heterocycles. The Labute approximate surface area is 358 Å². The Morgan fingerprint density at radius 1 is 0.466 bits per heavy atom. The Bertz CT molecular complexity index is 981. The number of hydrogen-bond donors (Lipinski definition) is 1. The quantitative estimate of drug-likeness (QED) is 0.0362. The molecule has 0 aliphatic carbocycles. The fourth-order valence-electron chi connectivity index (χ4n) is 7.04. The third kappa shape index (κ3) is 44.3. The third-order valence-electron chi connectivity index (χ3n) is 10.7. The molecule has 0 aromatic carbocycles. The van der Waals surface area contributed by atoms with E-state index in [0.717, 1.165) is 110 Å². The molecule has 58 heavy (non-hydrogen) atoms. The minimum atomic E-state index is -3.18. The second kappa shape index (κ2) is 43.8. The van der Waals surface area contributed by atoms with E-state index in [4.69, 9.17) is 18.9 Å². The fraction of sp³-hybridized carbons (Fsp3) is 0.957. The van der Waals surface area contributed by atoms with E-state index >= 15 is 0 Å². The zero-order valence-corrected chi connectivity index (χ0v) is 39.3. The summed E-state index contributed by atoms with van der Waals surface area (Å²) in [7, 11) is -3.18. The van der Waals surface area contributed by atoms with Gasteiger partial charge in [0.15, 0.2) is 6.29 Å². The Hall–Kier alpha value is -1.27. The largest absolute Gasteiger partial charge is 0.466 e. The average molecular weight is 847 g/mol. The predicted octanol–water partition coefficient (Wildman–Crippen LogP) is 11.8. The van der Waals surface area contributed by atoms with Gasteiger partial charge in [0.1, 0.15) is 0 Å². The van der Waals surface area contributed by atoms with Crippen molar-refractivity contribution in [2.75, 3.05) is 58.9 Å². The van der Waals surface area contributed by atoms with Crippen LogP contribution in [0.2, 0.25) is 0 Å². The molecule has 10 nitrogen and oxygen atoms in total. The fourth-order valence-corrected chi connectivity index (χ4v) is 7.56. The molecule has 0 spiro atoms. The zero-order valence-electron chi connectivity index (χ0n) is 38.5. The van der Waals surface area contributed by atoms with E-state index in [1.54, 1.807) is 0 Å². The Morgan fingerprint density at radius 3 is 1.28 bits per heavy atom. The second-order valence-electron chi connectivity index (χ2n) is 16.6. The van der Waals surface area contributed by atoms with E-state index in [9.17, 15) is 18.0 Å². The predicted molar refractivity (Wildman–Crippen MR) is 242 cm³/mol. The first-order valence-electron chi connectivity index (χ1n) is 24.4. The van der Waals surface area contributed by atoms with Crippen molar-refractivity contribution >= 4 is 22.0 Å². The van der Waals surface area contributed by atoms with E-state index in [2.05, 4.69) is 30.4 Å². The maximum absolute atomic E-state index is 12.6. The Morgan fingerprint density at radius 2 is 0.828 bits per heavy atom. The molecule has 0 aromatic heterocycles. The van der Waals surface area contributed by atoms with Crippen molar-refractivity contribution in [2.24, 2.45) is 0 Å². The lowest BCUT2D eigenvalue weighted by Crippen LogP contribution is -2.31. The summed E-state index contributed by atoms with van der Waals surface area (Å²) in [6.45, 7) is 12.3.